The van der Waals surface area contributed by atoms with E-state index in [9.17, 15) is 18.0 Å². The van der Waals surface area contributed by atoms with Crippen LogP contribution in [0, 0.1) is 0 Å². The first-order valence-electron chi connectivity index (χ1n) is 8.47. The fraction of sp³-hybridized carbons (Fsp3) is 0.333. The van der Waals surface area contributed by atoms with Gasteiger partial charge >= 0.3 is 5.97 Å². The van der Waals surface area contributed by atoms with Gasteiger partial charge in [0.15, 0.2) is 0 Å². The molecule has 1 aliphatic rings. The molecule has 1 aromatic carbocycles. The standard InChI is InChI=1S/C18H21N3O5S/c1-20-12-14(11-16(20)18(23)26-2)27(24,25)21-10-6-9-15(21)17(22)19-13-7-4-3-5-8-13/h3-5,7-8,11-12,15H,6,9-10H2,1-2H3,(H,19,22)/t15-/m0/s1. The number of nitrogens with one attached hydrogen (secondary N) is 1. The third-order valence-electron chi connectivity index (χ3n) is 4.53. The average molecular weight is 391 g/mol. The van der Waals surface area contributed by atoms with Crippen molar-refractivity contribution in [3.05, 3.63) is 48.3 Å². The number of methoxy groups -OCH3 is 1. The summed E-state index contributed by atoms with van der Waals surface area (Å²) in [7, 11) is -1.13. The lowest BCUT2D eigenvalue weighted by Gasteiger charge is -2.22. The number of nitrogens with zero attached hydrogens (tertiary/aromatic N) is 2. The normalized spacial score (nSPS) is 17.6. The van der Waals surface area contributed by atoms with Crippen molar-refractivity contribution in [2.24, 2.45) is 7.05 Å². The number of aromatic nitrogens is 1. The van der Waals surface area contributed by atoms with E-state index in [4.69, 9.17) is 0 Å². The summed E-state index contributed by atoms with van der Waals surface area (Å²) in [5, 5.41) is 2.76. The molecule has 1 amide bonds. The van der Waals surface area contributed by atoms with E-state index in [1.807, 2.05) is 6.07 Å². The Hall–Kier alpha value is -2.65. The summed E-state index contributed by atoms with van der Waals surface area (Å²) < 4.78 is 33.4. The minimum Gasteiger partial charge on any atom is -0.464 e. The van der Waals surface area contributed by atoms with E-state index in [0.29, 0.717) is 18.5 Å². The van der Waals surface area contributed by atoms with Crippen molar-refractivity contribution in [1.29, 1.82) is 0 Å². The van der Waals surface area contributed by atoms with Gasteiger partial charge in [-0.3, -0.25) is 4.79 Å². The fourth-order valence-electron chi connectivity index (χ4n) is 3.16. The molecule has 0 saturated carbocycles. The van der Waals surface area contributed by atoms with Gasteiger partial charge in [0, 0.05) is 25.5 Å². The van der Waals surface area contributed by atoms with Gasteiger partial charge in [-0.25, -0.2) is 13.2 Å². The van der Waals surface area contributed by atoms with Gasteiger partial charge in [0.05, 0.1) is 7.11 Å². The first-order chi connectivity index (χ1) is 12.8. The lowest BCUT2D eigenvalue weighted by molar-refractivity contribution is -0.119. The maximum Gasteiger partial charge on any atom is 0.354 e. The number of aryl methyl sites for hydroxylation is 1. The molecule has 1 atom stereocenters. The molecule has 1 fully saturated rings. The third-order valence-corrected chi connectivity index (χ3v) is 6.40. The van der Waals surface area contributed by atoms with E-state index in [1.54, 1.807) is 31.3 Å². The van der Waals surface area contributed by atoms with Gasteiger partial charge < -0.3 is 14.6 Å². The molecule has 2 aromatic rings. The Balaban J connectivity index is 1.85. The molecule has 1 saturated heterocycles. The van der Waals surface area contributed by atoms with Crippen molar-refractivity contribution in [2.45, 2.75) is 23.8 Å². The van der Waals surface area contributed by atoms with Gasteiger partial charge in [0.25, 0.3) is 0 Å². The summed E-state index contributed by atoms with van der Waals surface area (Å²) in [5.74, 6) is -0.995. The maximum absolute atomic E-state index is 13.1. The Kier molecular flexibility index (Phi) is 5.33. The largest absolute Gasteiger partial charge is 0.464 e. The van der Waals surface area contributed by atoms with Crippen LogP contribution in [0.1, 0.15) is 23.3 Å². The highest BCUT2D eigenvalue weighted by Gasteiger charge is 2.40. The number of amides is 1. The van der Waals surface area contributed by atoms with E-state index >= 15 is 0 Å². The Morgan fingerprint density at radius 3 is 2.59 bits per heavy atom. The summed E-state index contributed by atoms with van der Waals surface area (Å²) >= 11 is 0. The molecular weight excluding hydrogens is 370 g/mol. The average Bonchev–Trinajstić information content (AvgIpc) is 3.29. The second kappa shape index (κ2) is 7.53. The number of rotatable bonds is 5. The highest BCUT2D eigenvalue weighted by atomic mass is 32.2. The number of hydrogen-bond donors (Lipinski definition) is 1. The Labute approximate surface area is 157 Å². The van der Waals surface area contributed by atoms with Gasteiger partial charge in [-0.2, -0.15) is 4.31 Å². The van der Waals surface area contributed by atoms with Crippen molar-refractivity contribution < 1.29 is 22.7 Å². The van der Waals surface area contributed by atoms with Gasteiger partial charge in [-0.05, 0) is 31.0 Å². The van der Waals surface area contributed by atoms with Crippen LogP contribution in [0.25, 0.3) is 0 Å². The quantitative estimate of drug-likeness (QED) is 0.781. The zero-order chi connectivity index (χ0) is 19.6. The SMILES string of the molecule is COC(=O)c1cc(S(=O)(=O)N2CCC[C@H]2C(=O)Nc2ccccc2)cn1C. The predicted molar refractivity (Wildman–Crippen MR) is 98.7 cm³/mol. The summed E-state index contributed by atoms with van der Waals surface area (Å²) in [6, 6.07) is 9.37. The molecule has 1 N–H and O–H groups in total. The van der Waals surface area contributed by atoms with Gasteiger partial charge in [0.2, 0.25) is 15.9 Å². The van der Waals surface area contributed by atoms with E-state index < -0.39 is 22.0 Å². The van der Waals surface area contributed by atoms with Crippen LogP contribution in [-0.4, -0.2) is 48.9 Å². The van der Waals surface area contributed by atoms with Crippen molar-refractivity contribution in [3.8, 4) is 0 Å². The molecule has 27 heavy (non-hydrogen) atoms. The van der Waals surface area contributed by atoms with Crippen molar-refractivity contribution in [1.82, 2.24) is 8.87 Å². The molecule has 0 aliphatic carbocycles. The molecule has 8 nitrogen and oxygen atoms in total. The number of esters is 1. The summed E-state index contributed by atoms with van der Waals surface area (Å²) in [6.07, 6.45) is 2.38. The summed E-state index contributed by atoms with van der Waals surface area (Å²) in [5.41, 5.74) is 0.736. The number of anilines is 1. The molecule has 1 aromatic heterocycles. The predicted octanol–water partition coefficient (Wildman–Crippen LogP) is 1.60. The minimum atomic E-state index is -3.92. The van der Waals surface area contributed by atoms with Crippen LogP contribution >= 0.6 is 0 Å². The molecular formula is C18H21N3O5S. The van der Waals surface area contributed by atoms with Crippen LogP contribution in [0.4, 0.5) is 5.69 Å². The number of carbonyl (C=O) groups is 2. The Bertz CT molecular complexity index is 953. The van der Waals surface area contributed by atoms with E-state index in [-0.39, 0.29) is 23.0 Å². The molecule has 1 aliphatic heterocycles. The van der Waals surface area contributed by atoms with Crippen molar-refractivity contribution >= 4 is 27.6 Å². The molecule has 144 valence electrons. The zero-order valence-corrected chi connectivity index (χ0v) is 15.9. The summed E-state index contributed by atoms with van der Waals surface area (Å²) in [4.78, 5) is 24.4. The molecule has 9 heteroatoms. The number of ether oxygens (including phenoxy) is 1. The maximum atomic E-state index is 13.1. The number of sulfonamides is 1. The van der Waals surface area contributed by atoms with Gasteiger partial charge in [-0.15, -0.1) is 0 Å². The number of carbonyl (C=O) groups excluding carboxylic acids is 2. The van der Waals surface area contributed by atoms with Crippen LogP contribution in [0.15, 0.2) is 47.5 Å². The van der Waals surface area contributed by atoms with E-state index in [0.717, 1.165) is 0 Å². The van der Waals surface area contributed by atoms with E-state index in [2.05, 4.69) is 10.1 Å². The summed E-state index contributed by atoms with van der Waals surface area (Å²) in [6.45, 7) is 0.248. The zero-order valence-electron chi connectivity index (χ0n) is 15.1. The minimum absolute atomic E-state index is 0.0372. The van der Waals surface area contributed by atoms with Crippen LogP contribution < -0.4 is 5.32 Å². The Morgan fingerprint density at radius 2 is 1.93 bits per heavy atom. The molecule has 3 rings (SSSR count). The topological polar surface area (TPSA) is 97.7 Å². The number of benzene rings is 1. The van der Waals surface area contributed by atoms with E-state index in [1.165, 1.54) is 28.2 Å². The van der Waals surface area contributed by atoms with Crippen LogP contribution in [0.3, 0.4) is 0 Å². The molecule has 0 spiro atoms. The smallest absolute Gasteiger partial charge is 0.354 e. The highest BCUT2D eigenvalue weighted by Crippen LogP contribution is 2.28. The molecule has 2 heterocycles. The van der Waals surface area contributed by atoms with Crippen LogP contribution in [-0.2, 0) is 26.6 Å². The lowest BCUT2D eigenvalue weighted by Crippen LogP contribution is -2.43. The van der Waals surface area contributed by atoms with Crippen molar-refractivity contribution in [3.63, 3.8) is 0 Å². The number of hydrogen-bond acceptors (Lipinski definition) is 5. The number of para-hydroxylation sites is 1. The van der Waals surface area contributed by atoms with Crippen LogP contribution in [0.5, 0.6) is 0 Å². The first-order valence-corrected chi connectivity index (χ1v) is 9.91. The van der Waals surface area contributed by atoms with Crippen molar-refractivity contribution in [2.75, 3.05) is 19.0 Å². The molecule has 0 unspecified atom stereocenters. The molecule has 0 radical (unpaired) electrons. The highest BCUT2D eigenvalue weighted by molar-refractivity contribution is 7.89. The monoisotopic (exact) mass is 391 g/mol. The fourth-order valence-corrected chi connectivity index (χ4v) is 4.88. The first kappa shape index (κ1) is 19.1. The molecule has 0 bridgehead atoms. The van der Waals surface area contributed by atoms with Crippen LogP contribution in [0.2, 0.25) is 0 Å². The lowest BCUT2D eigenvalue weighted by atomic mass is 10.2. The van der Waals surface area contributed by atoms with Gasteiger partial charge in [0.1, 0.15) is 16.6 Å². The second-order valence-electron chi connectivity index (χ2n) is 6.29. The Morgan fingerprint density at radius 1 is 1.22 bits per heavy atom. The van der Waals surface area contributed by atoms with Gasteiger partial charge in [-0.1, -0.05) is 18.2 Å². The second-order valence-corrected chi connectivity index (χ2v) is 8.18. The third kappa shape index (κ3) is 3.74.